The second-order valence-electron chi connectivity index (χ2n) is 7.77. The van der Waals surface area contributed by atoms with E-state index < -0.39 is 35.8 Å². The second-order valence-corrected chi connectivity index (χ2v) is 8.35. The summed E-state index contributed by atoms with van der Waals surface area (Å²) >= 11 is 10.2. The number of ether oxygens (including phenoxy) is 1. The molecular formula is C23H30N4O8S2Tc. The third-order valence-electron chi connectivity index (χ3n) is 4.82. The van der Waals surface area contributed by atoms with Crippen LogP contribution in [0.2, 0.25) is 0 Å². The zero-order valence-electron chi connectivity index (χ0n) is 20.5. The second kappa shape index (κ2) is 22.5. The molecule has 1 aromatic rings. The van der Waals surface area contributed by atoms with E-state index in [2.05, 4.69) is 46.5 Å². The van der Waals surface area contributed by atoms with Crippen molar-refractivity contribution in [3.05, 3.63) is 46.5 Å². The van der Waals surface area contributed by atoms with Crippen LogP contribution in [0.5, 0.6) is 0 Å². The molecule has 0 saturated heterocycles. The van der Waals surface area contributed by atoms with Gasteiger partial charge in [-0.2, -0.15) is 0 Å². The first kappa shape index (κ1) is 35.5. The first-order chi connectivity index (χ1) is 18.2. The van der Waals surface area contributed by atoms with Crippen LogP contribution in [0.3, 0.4) is 0 Å². The molecule has 38 heavy (non-hydrogen) atoms. The summed E-state index contributed by atoms with van der Waals surface area (Å²) in [4.78, 5) is 58.3. The van der Waals surface area contributed by atoms with Gasteiger partial charge in [0.1, 0.15) is 12.6 Å². The van der Waals surface area contributed by atoms with E-state index in [1.165, 1.54) is 0 Å². The van der Waals surface area contributed by atoms with Gasteiger partial charge in [-0.15, -0.1) is 24.6 Å². The standard InChI is InChI=1S/C23H34N4O7S2.O.Tc/c28-19(10-17(11-25-20(29)14-35)12-26-21(30)15-36)24-9-5-4-8-18(22(31)32)27-23(33)34-13-16-6-2-1-3-7-16;;/h1-3,6-7,17-18H,4-5,8-15H2,(H7,24,25,26,27,28,29,30,31,32,33,35,36);;/q;;+4/p-4/t18-;;/m0../s1/i;;1+1. The molecule has 0 spiro atoms. The van der Waals surface area contributed by atoms with Crippen molar-refractivity contribution in [2.24, 2.45) is 5.92 Å². The molecule has 209 valence electrons. The van der Waals surface area contributed by atoms with E-state index in [1.807, 2.05) is 6.07 Å². The molecule has 0 fully saturated rings. The third kappa shape index (κ3) is 17.9. The number of hydrogen-bond acceptors (Lipinski definition) is 9. The number of alkyl carbamates (subject to hydrolysis) is 1. The normalized spacial score (nSPS) is 10.9. The van der Waals surface area contributed by atoms with Crippen LogP contribution in [-0.2, 0) is 78.1 Å². The van der Waals surface area contributed by atoms with E-state index in [4.69, 9.17) is 8.24 Å². The number of carboxylic acids is 1. The van der Waals surface area contributed by atoms with Crippen molar-refractivity contribution in [3.63, 3.8) is 0 Å². The van der Waals surface area contributed by atoms with Gasteiger partial charge in [0.05, 0.1) is 0 Å². The number of aliphatic carboxylic acids is 1. The van der Waals surface area contributed by atoms with Gasteiger partial charge in [0.15, 0.2) is 0 Å². The molecule has 0 aliphatic rings. The molecule has 1 atom stereocenters. The molecule has 0 saturated carbocycles. The third-order valence-corrected chi connectivity index (χ3v) is 5.31. The first-order valence-electron chi connectivity index (χ1n) is 11.4. The minimum atomic E-state index is -1.19. The number of nitrogens with zero attached hydrogens (tertiary/aromatic N) is 2. The number of carbonyl (C=O) groups excluding carboxylic acids is 4. The summed E-state index contributed by atoms with van der Waals surface area (Å²) < 4.78 is 13.3. The van der Waals surface area contributed by atoms with Crippen LogP contribution in [0.4, 0.5) is 4.79 Å². The van der Waals surface area contributed by atoms with Crippen molar-refractivity contribution < 1.29 is 56.2 Å². The van der Waals surface area contributed by atoms with Gasteiger partial charge in [0.25, 0.3) is 0 Å². The van der Waals surface area contributed by atoms with E-state index in [-0.39, 0.29) is 56.5 Å². The topological polar surface area (TPSA) is 184 Å². The summed E-state index contributed by atoms with van der Waals surface area (Å²) in [5, 5.41) is 21.9. The molecule has 0 heterocycles. The Labute approximate surface area is 243 Å². The molecule has 4 amide bonds. The molecule has 15 heteroatoms. The molecule has 0 bridgehead atoms. The van der Waals surface area contributed by atoms with Gasteiger partial charge in [0, 0.05) is 24.8 Å². The average molecular weight is 654 g/mol. The summed E-state index contributed by atoms with van der Waals surface area (Å²) in [7, 11) is 0. The summed E-state index contributed by atoms with van der Waals surface area (Å²) in [6, 6.07) is 7.86. The quantitative estimate of drug-likeness (QED) is 0.164. The monoisotopic (exact) mass is 653 g/mol. The maximum atomic E-state index is 12.2. The Bertz CT molecular complexity index is 862. The predicted octanol–water partition coefficient (Wildman–Crippen LogP) is 1.43. The minimum absolute atomic E-state index is 0.00498. The van der Waals surface area contributed by atoms with Gasteiger partial charge in [-0.1, -0.05) is 36.2 Å². The van der Waals surface area contributed by atoms with Gasteiger partial charge < -0.3 is 66.0 Å². The van der Waals surface area contributed by atoms with Crippen molar-refractivity contribution >= 4 is 55.0 Å². The molecule has 3 N–H and O–H groups in total. The number of benzene rings is 1. The van der Waals surface area contributed by atoms with Crippen LogP contribution < -0.4 is 10.6 Å². The predicted molar refractivity (Wildman–Crippen MR) is 138 cm³/mol. The molecule has 0 radical (unpaired) electrons. The molecule has 1 rings (SSSR count). The van der Waals surface area contributed by atoms with Crippen molar-refractivity contribution in [1.29, 1.82) is 0 Å². The van der Waals surface area contributed by atoms with Gasteiger partial charge >= 0.3 is 34.4 Å². The summed E-state index contributed by atoms with van der Waals surface area (Å²) in [6.45, 7) is 0.336. The Morgan fingerprint density at radius 2 is 1.53 bits per heavy atom. The van der Waals surface area contributed by atoms with E-state index in [1.54, 1.807) is 24.3 Å². The van der Waals surface area contributed by atoms with Crippen molar-refractivity contribution in [1.82, 2.24) is 10.6 Å². The molecular weight excluding hydrogens is 623 g/mol. The Balaban J connectivity index is 0.00000667. The number of nitrogens with one attached hydrogen (secondary N) is 2. The first-order valence-corrected chi connectivity index (χ1v) is 13.4. The Hall–Kier alpha value is -2.48. The van der Waals surface area contributed by atoms with Crippen LogP contribution in [0.1, 0.15) is 31.2 Å². The van der Waals surface area contributed by atoms with Crippen LogP contribution in [0, 0.1) is 5.92 Å². The fraction of sp³-hybridized carbons (Fsp3) is 0.522. The summed E-state index contributed by atoms with van der Waals surface area (Å²) in [6.07, 6.45) is 0.210. The zero-order chi connectivity index (χ0) is 28.8. The zero-order valence-corrected chi connectivity index (χ0v) is 24.0. The van der Waals surface area contributed by atoms with Gasteiger partial charge in [0.2, 0.25) is 5.91 Å². The van der Waals surface area contributed by atoms with Crippen LogP contribution in [-0.4, -0.2) is 72.1 Å². The van der Waals surface area contributed by atoms with Crippen molar-refractivity contribution in [3.8, 4) is 0 Å². The van der Waals surface area contributed by atoms with E-state index in [0.717, 1.165) is 24.4 Å². The Morgan fingerprint density at radius 1 is 0.947 bits per heavy atom. The summed E-state index contributed by atoms with van der Waals surface area (Å²) in [5.74, 6) is -3.25. The SMILES string of the molecule is O=C(C[S-])[N-]CC(C[N-]C(=O)C[S-])CC(=O)NCCCC[C@H](NC(=O)OCc1ccccc1)C(=O)O.[O]=[99Tc+4]. The van der Waals surface area contributed by atoms with E-state index >= 15 is 0 Å². The van der Waals surface area contributed by atoms with Crippen molar-refractivity contribution in [2.75, 3.05) is 31.1 Å². The van der Waals surface area contributed by atoms with Crippen molar-refractivity contribution in [2.45, 2.75) is 38.3 Å². The van der Waals surface area contributed by atoms with Gasteiger partial charge in [-0.25, -0.2) is 9.59 Å². The number of unbranched alkanes of at least 4 members (excludes halogenated alkanes) is 1. The molecule has 0 aliphatic carbocycles. The van der Waals surface area contributed by atoms with Gasteiger partial charge in [-0.05, 0) is 24.8 Å². The number of carboxylic acid groups (broad SMARTS) is 1. The number of rotatable bonds is 17. The maximum absolute atomic E-state index is 12.2. The fourth-order valence-corrected chi connectivity index (χ4v) is 3.12. The number of carbonyl (C=O) groups is 5. The van der Waals surface area contributed by atoms with E-state index in [9.17, 15) is 29.1 Å². The number of amides is 4. The van der Waals surface area contributed by atoms with E-state index in [0.29, 0.717) is 12.8 Å². The summed E-state index contributed by atoms with van der Waals surface area (Å²) in [5.41, 5.74) is 0.777. The fourth-order valence-electron chi connectivity index (χ4n) is 2.94. The van der Waals surface area contributed by atoms with Gasteiger partial charge in [-0.3, -0.25) is 4.79 Å². The average Bonchev–Trinajstić information content (AvgIpc) is 2.93. The molecule has 0 aromatic heterocycles. The molecule has 0 unspecified atom stereocenters. The van der Waals surface area contributed by atoms with Crippen LogP contribution in [0.25, 0.3) is 10.6 Å². The van der Waals surface area contributed by atoms with Crippen LogP contribution >= 0.6 is 0 Å². The molecule has 12 nitrogen and oxygen atoms in total. The molecule has 1 aromatic carbocycles. The Kier molecular flexibility index (Phi) is 21.0. The number of hydrogen-bond donors (Lipinski definition) is 3. The molecule has 0 aliphatic heterocycles. The van der Waals surface area contributed by atoms with Crippen LogP contribution in [0.15, 0.2) is 30.3 Å². The Morgan fingerprint density at radius 3 is 2.05 bits per heavy atom.